The largest absolute Gasteiger partial charge is 0.304 e. The number of para-hydroxylation sites is 1. The third kappa shape index (κ3) is 0.221. The predicted molar refractivity (Wildman–Crippen MR) is 47.9 cm³/mol. The van der Waals surface area contributed by atoms with Crippen molar-refractivity contribution in [2.45, 2.75) is 6.42 Å². The molecule has 3 heterocycles. The number of nitrogens with zero attached hydrogens (tertiary/aromatic N) is 1. The summed E-state index contributed by atoms with van der Waals surface area (Å²) in [5.74, 6) is 0. The lowest BCUT2D eigenvalue weighted by Gasteiger charge is -2.01. The highest BCUT2D eigenvalue weighted by molar-refractivity contribution is 6.17. The minimum absolute atomic E-state index is 1.22. The first kappa shape index (κ1) is 4.51. The molecule has 1 aliphatic carbocycles. The van der Waals surface area contributed by atoms with Gasteiger partial charge in [-0.3, -0.25) is 0 Å². The van der Waals surface area contributed by atoms with Gasteiger partial charge >= 0.3 is 0 Å². The van der Waals surface area contributed by atoms with Crippen LogP contribution in [0.2, 0.25) is 0 Å². The molecule has 0 saturated carbocycles. The van der Waals surface area contributed by atoms with Gasteiger partial charge in [-0.15, -0.1) is 0 Å². The Bertz CT molecular complexity index is 620. The third-order valence-corrected chi connectivity index (χ3v) is 3.46. The number of rotatable bonds is 0. The molecular formula is C11H5N. The fraction of sp³-hybridized carbons (Fsp3) is 0.0909. The van der Waals surface area contributed by atoms with Crippen LogP contribution < -0.4 is 0 Å². The van der Waals surface area contributed by atoms with Gasteiger partial charge in [0.2, 0.25) is 0 Å². The van der Waals surface area contributed by atoms with Gasteiger partial charge in [0, 0.05) is 17.2 Å². The summed E-state index contributed by atoms with van der Waals surface area (Å²) in [5.41, 5.74) is 7.81. The first-order valence-corrected chi connectivity index (χ1v) is 4.37. The fourth-order valence-corrected chi connectivity index (χ4v) is 3.01. The summed E-state index contributed by atoms with van der Waals surface area (Å²) >= 11 is 0. The Kier molecular flexibility index (Phi) is 0.367. The lowest BCUT2D eigenvalue weighted by molar-refractivity contribution is 1.28. The number of pyridine rings is 2. The van der Waals surface area contributed by atoms with E-state index in [0.717, 1.165) is 0 Å². The lowest BCUT2D eigenvalue weighted by atomic mass is 10.0. The van der Waals surface area contributed by atoms with Crippen molar-refractivity contribution in [3.63, 3.8) is 0 Å². The summed E-state index contributed by atoms with van der Waals surface area (Å²) in [7, 11) is 0. The van der Waals surface area contributed by atoms with E-state index in [9.17, 15) is 0 Å². The summed E-state index contributed by atoms with van der Waals surface area (Å²) in [4.78, 5) is 0. The molecule has 1 aliphatic heterocycles. The Balaban J connectivity index is 2.52. The van der Waals surface area contributed by atoms with E-state index < -0.39 is 0 Å². The maximum atomic E-state index is 2.43. The number of hydrogen-bond acceptors (Lipinski definition) is 0. The minimum atomic E-state index is 1.22. The van der Waals surface area contributed by atoms with E-state index in [1.165, 1.54) is 22.7 Å². The van der Waals surface area contributed by atoms with E-state index in [2.05, 4.69) is 22.6 Å². The van der Waals surface area contributed by atoms with Gasteiger partial charge in [-0.1, -0.05) is 18.2 Å². The molecule has 0 fully saturated rings. The molecule has 0 amide bonds. The molecule has 12 heavy (non-hydrogen) atoms. The van der Waals surface area contributed by atoms with Crippen LogP contribution in [0, 0.1) is 0 Å². The number of aromatic nitrogens is 1. The van der Waals surface area contributed by atoms with E-state index in [1.807, 2.05) is 0 Å². The average molecular weight is 151 g/mol. The number of hydrogen-bond donors (Lipinski definition) is 0. The fourth-order valence-electron chi connectivity index (χ4n) is 3.01. The van der Waals surface area contributed by atoms with E-state index >= 15 is 0 Å². The van der Waals surface area contributed by atoms with Crippen LogP contribution >= 0.6 is 0 Å². The van der Waals surface area contributed by atoms with Crippen LogP contribution in [0.3, 0.4) is 0 Å². The number of fused-ring (bicyclic) bond motifs is 2. The maximum absolute atomic E-state index is 2.43. The smallest absolute Gasteiger partial charge is 0.0749 e. The van der Waals surface area contributed by atoms with Crippen molar-refractivity contribution in [3.05, 3.63) is 29.3 Å². The maximum Gasteiger partial charge on any atom is 0.0749 e. The number of benzene rings is 1. The first-order chi connectivity index (χ1) is 5.97. The summed E-state index contributed by atoms with van der Waals surface area (Å²) in [6, 6.07) is 6.70. The molecule has 3 aromatic rings. The second-order valence-corrected chi connectivity index (χ2v) is 3.87. The molecule has 5 rings (SSSR count). The summed E-state index contributed by atoms with van der Waals surface area (Å²) in [6.45, 7) is 0. The van der Waals surface area contributed by atoms with E-state index in [0.29, 0.717) is 0 Å². The van der Waals surface area contributed by atoms with Crippen LogP contribution in [0.5, 0.6) is 0 Å². The molecule has 1 aromatic carbocycles. The zero-order valence-electron chi connectivity index (χ0n) is 6.39. The summed E-state index contributed by atoms with van der Waals surface area (Å²) in [5, 5.41) is 3.01. The van der Waals surface area contributed by atoms with Gasteiger partial charge in [0.05, 0.1) is 16.9 Å². The molecule has 1 nitrogen and oxygen atoms in total. The summed E-state index contributed by atoms with van der Waals surface area (Å²) < 4.78 is 2.43. The molecule has 54 valence electrons. The Morgan fingerprint density at radius 2 is 1.67 bits per heavy atom. The van der Waals surface area contributed by atoms with E-state index in [4.69, 9.17) is 0 Å². The molecule has 0 N–H and O–H groups in total. The van der Waals surface area contributed by atoms with Crippen molar-refractivity contribution in [2.24, 2.45) is 0 Å². The highest BCUT2D eigenvalue weighted by atomic mass is 15.1. The molecule has 0 atom stereocenters. The SMILES string of the molecule is c1cc2c3c4n5c-4c(c(c1)c25)C3. The molecule has 0 saturated heterocycles. The van der Waals surface area contributed by atoms with Crippen molar-refractivity contribution >= 4 is 16.3 Å². The van der Waals surface area contributed by atoms with Gasteiger partial charge in [0.15, 0.2) is 0 Å². The van der Waals surface area contributed by atoms with Crippen LogP contribution in [0.25, 0.3) is 27.7 Å². The monoisotopic (exact) mass is 151 g/mol. The van der Waals surface area contributed by atoms with E-state index in [1.54, 1.807) is 22.5 Å². The van der Waals surface area contributed by atoms with Gasteiger partial charge in [-0.05, 0) is 11.1 Å². The molecule has 0 spiro atoms. The predicted octanol–water partition coefficient (Wildman–Crippen LogP) is 2.41. The zero-order valence-corrected chi connectivity index (χ0v) is 6.39. The Morgan fingerprint density at radius 3 is 2.33 bits per heavy atom. The van der Waals surface area contributed by atoms with Crippen molar-refractivity contribution < 1.29 is 0 Å². The highest BCUT2D eigenvalue weighted by Crippen LogP contribution is 2.58. The Morgan fingerprint density at radius 1 is 1.00 bits per heavy atom. The van der Waals surface area contributed by atoms with Gasteiger partial charge < -0.3 is 4.40 Å². The Labute approximate surface area is 68.6 Å². The highest BCUT2D eigenvalue weighted by Gasteiger charge is 2.42. The summed E-state index contributed by atoms with van der Waals surface area (Å²) in [6.07, 6.45) is 1.22. The topological polar surface area (TPSA) is 4.41 Å². The average Bonchev–Trinajstić information content (AvgIpc) is 2.52. The normalized spacial score (nSPS) is 16.0. The third-order valence-electron chi connectivity index (χ3n) is 3.46. The molecular weight excluding hydrogens is 146 g/mol. The van der Waals surface area contributed by atoms with Crippen LogP contribution in [-0.2, 0) is 6.42 Å². The van der Waals surface area contributed by atoms with Gasteiger partial charge in [-0.25, -0.2) is 0 Å². The van der Waals surface area contributed by atoms with Gasteiger partial charge in [0.1, 0.15) is 0 Å². The molecule has 1 heteroatoms. The second kappa shape index (κ2) is 0.977. The van der Waals surface area contributed by atoms with Crippen LogP contribution in [-0.4, -0.2) is 4.40 Å². The van der Waals surface area contributed by atoms with Gasteiger partial charge in [0.25, 0.3) is 0 Å². The van der Waals surface area contributed by atoms with Crippen molar-refractivity contribution in [3.8, 4) is 11.4 Å². The second-order valence-electron chi connectivity index (χ2n) is 3.87. The minimum Gasteiger partial charge on any atom is -0.304 e. The quantitative estimate of drug-likeness (QED) is 0.320. The molecule has 0 unspecified atom stereocenters. The van der Waals surface area contributed by atoms with E-state index in [-0.39, 0.29) is 0 Å². The molecule has 2 aliphatic rings. The van der Waals surface area contributed by atoms with Crippen LogP contribution in [0.15, 0.2) is 18.2 Å². The molecule has 0 radical (unpaired) electrons. The van der Waals surface area contributed by atoms with Crippen molar-refractivity contribution in [1.82, 2.24) is 4.40 Å². The lowest BCUT2D eigenvalue weighted by Crippen LogP contribution is -1.85. The Hall–Kier alpha value is -1.50. The first-order valence-electron chi connectivity index (χ1n) is 4.37. The van der Waals surface area contributed by atoms with Crippen molar-refractivity contribution in [2.75, 3.05) is 0 Å². The zero-order chi connectivity index (χ0) is 7.45. The standard InChI is InChI=1S/C11H5N/c1-2-5-7-4-8-6(3-1)9(5)12-10(7)11(8)12/h1-3H,4H2. The molecule has 0 bridgehead atoms. The van der Waals surface area contributed by atoms with Crippen LogP contribution in [0.4, 0.5) is 0 Å². The van der Waals surface area contributed by atoms with Crippen LogP contribution in [0.1, 0.15) is 11.1 Å². The van der Waals surface area contributed by atoms with Gasteiger partial charge in [-0.2, -0.15) is 0 Å². The van der Waals surface area contributed by atoms with Crippen molar-refractivity contribution in [1.29, 1.82) is 0 Å². The molecule has 2 aromatic heterocycles.